The van der Waals surface area contributed by atoms with E-state index in [1.807, 2.05) is 25.1 Å². The molecule has 0 atom stereocenters. The maximum Gasteiger partial charge on any atom is 0.337 e. The highest BCUT2D eigenvalue weighted by Crippen LogP contribution is 2.24. The molecule has 24 heavy (non-hydrogen) atoms. The smallest absolute Gasteiger partial charge is 0.337 e. The van der Waals surface area contributed by atoms with Gasteiger partial charge in [0, 0.05) is 23.6 Å². The molecule has 5 nitrogen and oxygen atoms in total. The van der Waals surface area contributed by atoms with Crippen molar-refractivity contribution < 1.29 is 14.3 Å². The van der Waals surface area contributed by atoms with E-state index in [0.29, 0.717) is 30.1 Å². The van der Waals surface area contributed by atoms with Crippen LogP contribution in [0.2, 0.25) is 0 Å². The van der Waals surface area contributed by atoms with E-state index in [1.165, 1.54) is 7.11 Å². The third-order valence-electron chi connectivity index (χ3n) is 3.51. The number of hydrogen-bond acceptors (Lipinski definition) is 4. The van der Waals surface area contributed by atoms with Gasteiger partial charge in [-0.3, -0.25) is 4.79 Å². The van der Waals surface area contributed by atoms with Crippen LogP contribution in [0, 0.1) is 6.92 Å². The predicted octanol–water partition coefficient (Wildman–Crippen LogP) is 3.80. The average molecular weight is 347 g/mol. The van der Waals surface area contributed by atoms with Crippen LogP contribution >= 0.6 is 11.6 Å². The van der Waals surface area contributed by atoms with Gasteiger partial charge in [0.05, 0.1) is 12.7 Å². The molecule has 0 radical (unpaired) electrons. The summed E-state index contributed by atoms with van der Waals surface area (Å²) >= 11 is 5.58. The molecule has 1 amide bonds. The number of halogens is 1. The fourth-order valence-corrected chi connectivity index (χ4v) is 2.41. The van der Waals surface area contributed by atoms with Crippen molar-refractivity contribution in [2.45, 2.75) is 19.8 Å². The standard InChI is InChI=1S/C18H19ClN2O3/c1-12-15(13-5-7-14(8-6-13)18(23)24-2)9-10-16(20-12)21-17(22)4-3-11-19/h5-10H,3-4,11H2,1-2H3,(H,20,21,22). The van der Waals surface area contributed by atoms with Crippen molar-refractivity contribution in [2.75, 3.05) is 18.3 Å². The van der Waals surface area contributed by atoms with Crippen molar-refractivity contribution in [3.63, 3.8) is 0 Å². The van der Waals surface area contributed by atoms with Gasteiger partial charge >= 0.3 is 5.97 Å². The number of rotatable bonds is 6. The summed E-state index contributed by atoms with van der Waals surface area (Å²) in [6, 6.07) is 10.8. The number of pyridine rings is 1. The predicted molar refractivity (Wildman–Crippen MR) is 94.3 cm³/mol. The molecular weight excluding hydrogens is 328 g/mol. The van der Waals surface area contributed by atoms with E-state index in [0.717, 1.165) is 16.8 Å². The second-order valence-electron chi connectivity index (χ2n) is 5.24. The number of aromatic nitrogens is 1. The van der Waals surface area contributed by atoms with E-state index in [1.54, 1.807) is 18.2 Å². The van der Waals surface area contributed by atoms with Crippen molar-refractivity contribution in [1.29, 1.82) is 0 Å². The van der Waals surface area contributed by atoms with E-state index in [4.69, 9.17) is 11.6 Å². The summed E-state index contributed by atoms with van der Waals surface area (Å²) in [4.78, 5) is 27.6. The molecule has 0 bridgehead atoms. The number of carbonyl (C=O) groups excluding carboxylic acids is 2. The molecule has 2 aromatic rings. The Balaban J connectivity index is 2.14. The molecule has 1 aromatic heterocycles. The quantitative estimate of drug-likeness (QED) is 0.638. The monoisotopic (exact) mass is 346 g/mol. The number of aryl methyl sites for hydroxylation is 1. The zero-order valence-corrected chi connectivity index (χ0v) is 14.4. The van der Waals surface area contributed by atoms with E-state index in [2.05, 4.69) is 15.0 Å². The highest BCUT2D eigenvalue weighted by molar-refractivity contribution is 6.18. The lowest BCUT2D eigenvalue weighted by atomic mass is 10.0. The number of hydrogen-bond donors (Lipinski definition) is 1. The van der Waals surface area contributed by atoms with E-state index in [-0.39, 0.29) is 11.9 Å². The van der Waals surface area contributed by atoms with Gasteiger partial charge in [0.15, 0.2) is 0 Å². The number of anilines is 1. The van der Waals surface area contributed by atoms with Gasteiger partial charge in [0.2, 0.25) is 5.91 Å². The minimum Gasteiger partial charge on any atom is -0.465 e. The van der Waals surface area contributed by atoms with Gasteiger partial charge in [0.1, 0.15) is 5.82 Å². The number of nitrogens with zero attached hydrogens (tertiary/aromatic N) is 1. The first-order valence-corrected chi connectivity index (χ1v) is 8.11. The number of ether oxygens (including phenoxy) is 1. The Bertz CT molecular complexity index is 730. The SMILES string of the molecule is COC(=O)c1ccc(-c2ccc(NC(=O)CCCCl)nc2C)cc1. The van der Waals surface area contributed by atoms with Crippen molar-refractivity contribution in [3.05, 3.63) is 47.7 Å². The summed E-state index contributed by atoms with van der Waals surface area (Å²) in [5.41, 5.74) is 3.16. The van der Waals surface area contributed by atoms with E-state index < -0.39 is 0 Å². The van der Waals surface area contributed by atoms with Crippen LogP contribution in [0.5, 0.6) is 0 Å². The number of nitrogens with one attached hydrogen (secondary N) is 1. The number of methoxy groups -OCH3 is 1. The van der Waals surface area contributed by atoms with Crippen molar-refractivity contribution >= 4 is 29.3 Å². The second kappa shape index (κ2) is 8.45. The Labute approximate surface area is 146 Å². The maximum absolute atomic E-state index is 11.7. The molecule has 1 aromatic carbocycles. The Morgan fingerprint density at radius 2 is 1.88 bits per heavy atom. The van der Waals surface area contributed by atoms with Crippen LogP contribution in [-0.2, 0) is 9.53 Å². The first-order chi connectivity index (χ1) is 11.5. The molecule has 0 aliphatic carbocycles. The molecule has 0 aliphatic heterocycles. The Hall–Kier alpha value is -2.40. The number of carbonyl (C=O) groups is 2. The highest BCUT2D eigenvalue weighted by atomic mass is 35.5. The van der Waals surface area contributed by atoms with Crippen LogP contribution < -0.4 is 5.32 Å². The molecule has 0 spiro atoms. The molecule has 0 saturated carbocycles. The minimum absolute atomic E-state index is 0.0993. The number of benzene rings is 1. The van der Waals surface area contributed by atoms with E-state index >= 15 is 0 Å². The zero-order chi connectivity index (χ0) is 17.5. The van der Waals surface area contributed by atoms with Crippen LogP contribution in [0.3, 0.4) is 0 Å². The van der Waals surface area contributed by atoms with Crippen LogP contribution in [0.4, 0.5) is 5.82 Å². The molecule has 0 aliphatic rings. The summed E-state index contributed by atoms with van der Waals surface area (Å²) in [6.45, 7) is 1.87. The molecule has 1 heterocycles. The Morgan fingerprint density at radius 3 is 2.46 bits per heavy atom. The summed E-state index contributed by atoms with van der Waals surface area (Å²) < 4.78 is 4.69. The number of amides is 1. The largest absolute Gasteiger partial charge is 0.465 e. The number of esters is 1. The van der Waals surface area contributed by atoms with Crippen molar-refractivity contribution in [3.8, 4) is 11.1 Å². The molecule has 0 unspecified atom stereocenters. The Morgan fingerprint density at radius 1 is 1.17 bits per heavy atom. The van der Waals surface area contributed by atoms with Gasteiger partial charge in [0.25, 0.3) is 0 Å². The lowest BCUT2D eigenvalue weighted by Crippen LogP contribution is -2.12. The van der Waals surface area contributed by atoms with Gasteiger partial charge in [-0.05, 0) is 43.2 Å². The van der Waals surface area contributed by atoms with Crippen molar-refractivity contribution in [2.24, 2.45) is 0 Å². The van der Waals surface area contributed by atoms with E-state index in [9.17, 15) is 9.59 Å². The van der Waals surface area contributed by atoms with Gasteiger partial charge in [-0.1, -0.05) is 12.1 Å². The van der Waals surface area contributed by atoms with Gasteiger partial charge in [-0.2, -0.15) is 0 Å². The molecule has 0 fully saturated rings. The summed E-state index contributed by atoms with van der Waals surface area (Å²) in [6.07, 6.45) is 1.01. The van der Waals surface area contributed by atoms with Crippen molar-refractivity contribution in [1.82, 2.24) is 4.98 Å². The van der Waals surface area contributed by atoms with Gasteiger partial charge in [-0.15, -0.1) is 11.6 Å². The second-order valence-corrected chi connectivity index (χ2v) is 5.62. The number of alkyl halides is 1. The molecule has 1 N–H and O–H groups in total. The summed E-state index contributed by atoms with van der Waals surface area (Å²) in [7, 11) is 1.35. The lowest BCUT2D eigenvalue weighted by Gasteiger charge is -2.09. The molecule has 126 valence electrons. The molecular formula is C18H19ClN2O3. The molecule has 0 saturated heterocycles. The zero-order valence-electron chi connectivity index (χ0n) is 13.6. The van der Waals surface area contributed by atoms with Crippen LogP contribution in [0.15, 0.2) is 36.4 Å². The highest BCUT2D eigenvalue weighted by Gasteiger charge is 2.09. The van der Waals surface area contributed by atoms with Crippen LogP contribution in [-0.4, -0.2) is 29.9 Å². The molecule has 6 heteroatoms. The van der Waals surface area contributed by atoms with Crippen LogP contribution in [0.1, 0.15) is 28.9 Å². The third kappa shape index (κ3) is 4.55. The third-order valence-corrected chi connectivity index (χ3v) is 3.78. The first-order valence-electron chi connectivity index (χ1n) is 7.57. The average Bonchev–Trinajstić information content (AvgIpc) is 2.59. The lowest BCUT2D eigenvalue weighted by molar-refractivity contribution is -0.116. The van der Waals surface area contributed by atoms with Gasteiger partial charge < -0.3 is 10.1 Å². The minimum atomic E-state index is -0.369. The fraction of sp³-hybridized carbons (Fsp3) is 0.278. The van der Waals surface area contributed by atoms with Gasteiger partial charge in [-0.25, -0.2) is 9.78 Å². The fourth-order valence-electron chi connectivity index (χ4n) is 2.27. The maximum atomic E-state index is 11.7. The normalized spacial score (nSPS) is 10.3. The first kappa shape index (κ1) is 17.9. The Kier molecular flexibility index (Phi) is 6.32. The van der Waals surface area contributed by atoms with Crippen LogP contribution in [0.25, 0.3) is 11.1 Å². The molecule has 2 rings (SSSR count). The summed E-state index contributed by atoms with van der Waals surface area (Å²) in [5, 5.41) is 2.76. The summed E-state index contributed by atoms with van der Waals surface area (Å²) in [5.74, 6) is 0.506. The topological polar surface area (TPSA) is 68.3 Å².